The number of carboxylic acid groups (broad SMARTS) is 1. The van der Waals surface area contributed by atoms with Crippen LogP contribution in [0.2, 0.25) is 0 Å². The third kappa shape index (κ3) is 4.60. The molecule has 2 N–H and O–H groups in total. The van der Waals surface area contributed by atoms with E-state index in [0.717, 1.165) is 12.8 Å². The zero-order chi connectivity index (χ0) is 17.1. The Labute approximate surface area is 133 Å². The molecule has 1 aliphatic rings. The van der Waals surface area contributed by atoms with Gasteiger partial charge in [0.15, 0.2) is 0 Å². The highest BCUT2D eigenvalue weighted by Crippen LogP contribution is 2.29. The first-order valence-electron chi connectivity index (χ1n) is 8.07. The van der Waals surface area contributed by atoms with Crippen LogP contribution in [0.4, 0.5) is 9.59 Å². The number of ether oxygens (including phenoxy) is 1. The maximum absolute atomic E-state index is 12.0. The Morgan fingerprint density at radius 1 is 1.36 bits per heavy atom. The molecular formula is C16H31N2O4+. The molecule has 1 heterocycles. The van der Waals surface area contributed by atoms with Crippen molar-refractivity contribution in [1.29, 1.82) is 0 Å². The molecule has 0 aliphatic carbocycles. The van der Waals surface area contributed by atoms with Gasteiger partial charge in [-0.05, 0) is 33.6 Å². The lowest BCUT2D eigenvalue weighted by atomic mass is 10.0. The Balaban J connectivity index is 2.83. The number of quaternary nitrogens is 1. The largest absolute Gasteiger partial charge is 0.513 e. The standard InChI is InChI=1S/C16H30N2O4/c1-11(2)13(17-14(19)22-16(4,5)6)10-18(15(20)21)9-7-8-12(18)3/h11-13H,7-10H2,1-6H3,(H-,17,19,20,21)/p+1/t12-,13-,18?/m1/s1. The fraction of sp³-hybridized carbons (Fsp3) is 0.875. The van der Waals surface area contributed by atoms with Crippen LogP contribution in [0.25, 0.3) is 0 Å². The highest BCUT2D eigenvalue weighted by atomic mass is 16.6. The van der Waals surface area contributed by atoms with Crippen molar-refractivity contribution in [3.8, 4) is 0 Å². The summed E-state index contributed by atoms with van der Waals surface area (Å²) in [5.41, 5.74) is -0.564. The fourth-order valence-electron chi connectivity index (χ4n) is 3.00. The number of alkyl carbamates (subject to hydrolysis) is 1. The first kappa shape index (κ1) is 18.7. The van der Waals surface area contributed by atoms with Crippen LogP contribution in [-0.2, 0) is 4.74 Å². The van der Waals surface area contributed by atoms with Crippen molar-refractivity contribution in [2.24, 2.45) is 5.92 Å². The topological polar surface area (TPSA) is 75.6 Å². The smallest absolute Gasteiger partial charge is 0.444 e. The molecular weight excluding hydrogens is 284 g/mol. The van der Waals surface area contributed by atoms with Gasteiger partial charge >= 0.3 is 12.2 Å². The van der Waals surface area contributed by atoms with E-state index in [4.69, 9.17) is 4.74 Å². The van der Waals surface area contributed by atoms with Crippen molar-refractivity contribution in [2.45, 2.75) is 72.1 Å². The summed E-state index contributed by atoms with van der Waals surface area (Å²) in [5, 5.41) is 12.6. The molecule has 6 heteroatoms. The van der Waals surface area contributed by atoms with Gasteiger partial charge in [-0.15, -0.1) is 0 Å². The molecule has 2 amide bonds. The second-order valence-electron chi connectivity index (χ2n) is 7.71. The lowest BCUT2D eigenvalue weighted by molar-refractivity contribution is -0.868. The highest BCUT2D eigenvalue weighted by Gasteiger charge is 2.48. The molecule has 22 heavy (non-hydrogen) atoms. The summed E-state index contributed by atoms with van der Waals surface area (Å²) in [6, 6.07) is -0.161. The average molecular weight is 315 g/mol. The molecule has 6 nitrogen and oxygen atoms in total. The summed E-state index contributed by atoms with van der Waals surface area (Å²) in [6.07, 6.45) is 0.525. The van der Waals surface area contributed by atoms with Crippen LogP contribution < -0.4 is 5.32 Å². The van der Waals surface area contributed by atoms with Gasteiger partial charge in [0.05, 0.1) is 18.6 Å². The van der Waals surface area contributed by atoms with E-state index in [-0.39, 0.29) is 22.5 Å². The molecule has 3 atom stereocenters. The first-order chi connectivity index (χ1) is 9.98. The van der Waals surface area contributed by atoms with Gasteiger partial charge in [0.1, 0.15) is 12.1 Å². The highest BCUT2D eigenvalue weighted by molar-refractivity contribution is 5.68. The van der Waals surface area contributed by atoms with Crippen LogP contribution in [-0.4, -0.2) is 52.6 Å². The molecule has 0 bridgehead atoms. The second kappa shape index (κ2) is 6.86. The minimum Gasteiger partial charge on any atom is -0.444 e. The number of likely N-dealkylation sites (tertiary alicyclic amines) is 1. The van der Waals surface area contributed by atoms with Crippen LogP contribution in [0, 0.1) is 5.92 Å². The van der Waals surface area contributed by atoms with Gasteiger partial charge in [0, 0.05) is 12.8 Å². The lowest BCUT2D eigenvalue weighted by Crippen LogP contribution is -2.61. The Bertz CT molecular complexity index is 417. The van der Waals surface area contributed by atoms with Crippen molar-refractivity contribution < 1.29 is 23.9 Å². The van der Waals surface area contributed by atoms with Gasteiger partial charge in [-0.1, -0.05) is 13.8 Å². The van der Waals surface area contributed by atoms with Gasteiger partial charge in [-0.25, -0.2) is 9.28 Å². The van der Waals surface area contributed by atoms with Crippen molar-refractivity contribution in [3.63, 3.8) is 0 Å². The number of carbonyl (C=O) groups is 2. The number of nitrogens with one attached hydrogen (secondary N) is 1. The molecule has 0 saturated carbocycles. The molecule has 0 aromatic heterocycles. The number of hydrogen-bond acceptors (Lipinski definition) is 3. The van der Waals surface area contributed by atoms with Crippen molar-refractivity contribution in [3.05, 3.63) is 0 Å². The molecule has 0 aromatic rings. The predicted molar refractivity (Wildman–Crippen MR) is 84.7 cm³/mol. The van der Waals surface area contributed by atoms with Gasteiger partial charge < -0.3 is 15.2 Å². The quantitative estimate of drug-likeness (QED) is 0.781. The minimum atomic E-state index is -0.804. The Morgan fingerprint density at radius 3 is 2.32 bits per heavy atom. The number of carbonyl (C=O) groups excluding carboxylic acids is 1. The van der Waals surface area contributed by atoms with Gasteiger partial charge in [0.25, 0.3) is 0 Å². The number of nitrogens with zero attached hydrogens (tertiary/aromatic N) is 1. The molecule has 1 saturated heterocycles. The van der Waals surface area contributed by atoms with E-state index in [0.29, 0.717) is 13.1 Å². The molecule has 1 fully saturated rings. The van der Waals surface area contributed by atoms with E-state index in [1.807, 2.05) is 41.5 Å². The fourth-order valence-corrected chi connectivity index (χ4v) is 3.00. The SMILES string of the molecule is CC(C)[C@@H](C[N+]1(C(=O)O)CCC[C@H]1C)NC(=O)OC(C)(C)C. The van der Waals surface area contributed by atoms with Crippen LogP contribution in [0.15, 0.2) is 0 Å². The van der Waals surface area contributed by atoms with E-state index in [1.54, 1.807) is 0 Å². The van der Waals surface area contributed by atoms with E-state index in [2.05, 4.69) is 5.32 Å². The third-order valence-corrected chi connectivity index (χ3v) is 4.43. The predicted octanol–water partition coefficient (Wildman–Crippen LogP) is 3.21. The van der Waals surface area contributed by atoms with E-state index in [9.17, 15) is 14.7 Å². The molecule has 1 rings (SSSR count). The van der Waals surface area contributed by atoms with E-state index in [1.165, 1.54) is 0 Å². The first-order valence-corrected chi connectivity index (χ1v) is 8.07. The maximum atomic E-state index is 12.0. The zero-order valence-corrected chi connectivity index (χ0v) is 14.7. The average Bonchev–Trinajstić information content (AvgIpc) is 2.68. The summed E-state index contributed by atoms with van der Waals surface area (Å²) < 4.78 is 5.33. The van der Waals surface area contributed by atoms with Crippen LogP contribution in [0.3, 0.4) is 0 Å². The molecule has 1 aliphatic heterocycles. The monoisotopic (exact) mass is 315 g/mol. The molecule has 128 valence electrons. The van der Waals surface area contributed by atoms with Crippen LogP contribution in [0.1, 0.15) is 54.4 Å². The van der Waals surface area contributed by atoms with Gasteiger partial charge in [0.2, 0.25) is 0 Å². The zero-order valence-electron chi connectivity index (χ0n) is 14.7. The van der Waals surface area contributed by atoms with Crippen molar-refractivity contribution >= 4 is 12.2 Å². The number of amides is 2. The Hall–Kier alpha value is -1.30. The normalized spacial score (nSPS) is 26.8. The lowest BCUT2D eigenvalue weighted by Gasteiger charge is -2.37. The van der Waals surface area contributed by atoms with E-state index < -0.39 is 17.8 Å². The van der Waals surface area contributed by atoms with Crippen molar-refractivity contribution in [1.82, 2.24) is 5.32 Å². The third-order valence-electron chi connectivity index (χ3n) is 4.43. The maximum Gasteiger partial charge on any atom is 0.513 e. The van der Waals surface area contributed by atoms with Gasteiger partial charge in [-0.2, -0.15) is 4.79 Å². The molecule has 0 radical (unpaired) electrons. The molecule has 1 unspecified atom stereocenters. The minimum absolute atomic E-state index is 0.0264. The van der Waals surface area contributed by atoms with Gasteiger partial charge in [-0.3, -0.25) is 0 Å². The molecule has 0 spiro atoms. The summed E-state index contributed by atoms with van der Waals surface area (Å²) in [7, 11) is 0. The van der Waals surface area contributed by atoms with Crippen LogP contribution in [0.5, 0.6) is 0 Å². The Morgan fingerprint density at radius 2 is 1.95 bits per heavy atom. The van der Waals surface area contributed by atoms with Crippen LogP contribution >= 0.6 is 0 Å². The number of rotatable bonds is 4. The summed E-state index contributed by atoms with van der Waals surface area (Å²) in [4.78, 5) is 23.9. The Kier molecular flexibility index (Phi) is 5.84. The summed E-state index contributed by atoms with van der Waals surface area (Å²) >= 11 is 0. The second-order valence-corrected chi connectivity index (χ2v) is 7.71. The summed E-state index contributed by atoms with van der Waals surface area (Å²) in [6.45, 7) is 12.4. The van der Waals surface area contributed by atoms with Crippen molar-refractivity contribution in [2.75, 3.05) is 13.1 Å². The molecule has 0 aromatic carbocycles. The summed E-state index contributed by atoms with van der Waals surface area (Å²) in [5.74, 6) is 0.134. The van der Waals surface area contributed by atoms with E-state index >= 15 is 0 Å². The number of hydrogen-bond donors (Lipinski definition) is 2.